The second-order valence-corrected chi connectivity index (χ2v) is 8.05. The monoisotopic (exact) mass is 365 g/mol. The van der Waals surface area contributed by atoms with Crippen LogP contribution in [-0.4, -0.2) is 35.4 Å². The zero-order chi connectivity index (χ0) is 17.9. The minimum absolute atomic E-state index is 0.0623. The Balaban J connectivity index is 1.30. The number of thiazole rings is 1. The summed E-state index contributed by atoms with van der Waals surface area (Å²) in [5, 5.41) is 4.23. The number of nitrogens with one attached hydrogen (secondary N) is 1. The number of carbonyl (C=O) groups is 1. The van der Waals surface area contributed by atoms with Crippen molar-refractivity contribution >= 4 is 33.1 Å². The van der Waals surface area contributed by atoms with Crippen LogP contribution in [0.25, 0.3) is 10.2 Å². The lowest BCUT2D eigenvalue weighted by Crippen LogP contribution is -2.38. The van der Waals surface area contributed by atoms with Crippen molar-refractivity contribution in [1.82, 2.24) is 9.88 Å². The summed E-state index contributed by atoms with van der Waals surface area (Å²) >= 11 is 1.81. The van der Waals surface area contributed by atoms with Crippen molar-refractivity contribution in [3.8, 4) is 0 Å². The fourth-order valence-electron chi connectivity index (χ4n) is 3.44. The topological polar surface area (TPSA) is 45.2 Å². The summed E-state index contributed by atoms with van der Waals surface area (Å²) in [4.78, 5) is 19.3. The van der Waals surface area contributed by atoms with E-state index in [1.54, 1.807) is 0 Å². The minimum atomic E-state index is 0.0623. The third kappa shape index (κ3) is 3.94. The third-order valence-electron chi connectivity index (χ3n) is 4.95. The van der Waals surface area contributed by atoms with Crippen molar-refractivity contribution in [2.75, 3.05) is 25.0 Å². The smallest absolute Gasteiger partial charge is 0.238 e. The van der Waals surface area contributed by atoms with E-state index in [1.165, 1.54) is 15.3 Å². The van der Waals surface area contributed by atoms with Gasteiger partial charge in [-0.3, -0.25) is 9.69 Å². The molecule has 26 heavy (non-hydrogen) atoms. The molecule has 1 N–H and O–H groups in total. The van der Waals surface area contributed by atoms with Gasteiger partial charge in [0.15, 0.2) is 0 Å². The quantitative estimate of drug-likeness (QED) is 0.744. The molecule has 5 heteroatoms. The fourth-order valence-corrected chi connectivity index (χ4v) is 4.58. The van der Waals surface area contributed by atoms with Gasteiger partial charge in [0.2, 0.25) is 5.91 Å². The lowest BCUT2D eigenvalue weighted by molar-refractivity contribution is -0.117. The molecule has 4 rings (SSSR count). The Labute approximate surface area is 157 Å². The number of anilines is 1. The average Bonchev–Trinajstić information content (AvgIpc) is 3.08. The number of carbonyl (C=O) groups excluding carboxylic acids is 1. The first-order chi connectivity index (χ1) is 12.7. The second kappa shape index (κ2) is 7.56. The van der Waals surface area contributed by atoms with Crippen LogP contribution in [0.3, 0.4) is 0 Å². The van der Waals surface area contributed by atoms with E-state index in [0.717, 1.165) is 37.1 Å². The van der Waals surface area contributed by atoms with E-state index in [9.17, 15) is 4.79 Å². The normalized spacial score (nSPS) is 16.0. The molecule has 2 heterocycles. The van der Waals surface area contributed by atoms with Gasteiger partial charge in [0, 0.05) is 11.6 Å². The highest BCUT2D eigenvalue weighted by molar-refractivity contribution is 7.18. The number of likely N-dealkylation sites (tertiary alicyclic amines) is 1. The number of hydrogen-bond donors (Lipinski definition) is 1. The second-order valence-electron chi connectivity index (χ2n) is 6.98. The lowest BCUT2D eigenvalue weighted by Gasteiger charge is -2.30. The van der Waals surface area contributed by atoms with Crippen LogP contribution in [0, 0.1) is 6.92 Å². The highest BCUT2D eigenvalue weighted by Crippen LogP contribution is 2.33. The third-order valence-corrected chi connectivity index (χ3v) is 6.15. The molecule has 0 atom stereocenters. The van der Waals surface area contributed by atoms with Crippen molar-refractivity contribution in [2.45, 2.75) is 25.7 Å². The van der Waals surface area contributed by atoms with Crippen LogP contribution in [-0.2, 0) is 4.79 Å². The number of amides is 1. The van der Waals surface area contributed by atoms with Gasteiger partial charge in [-0.25, -0.2) is 4.98 Å². The van der Waals surface area contributed by atoms with Gasteiger partial charge in [0.1, 0.15) is 0 Å². The molecule has 2 aromatic carbocycles. The van der Waals surface area contributed by atoms with E-state index in [4.69, 9.17) is 4.98 Å². The van der Waals surface area contributed by atoms with Gasteiger partial charge in [-0.05, 0) is 57.1 Å². The van der Waals surface area contributed by atoms with Crippen molar-refractivity contribution < 1.29 is 4.79 Å². The van der Waals surface area contributed by atoms with Gasteiger partial charge in [-0.2, -0.15) is 0 Å². The van der Waals surface area contributed by atoms with E-state index >= 15 is 0 Å². The first kappa shape index (κ1) is 17.2. The van der Waals surface area contributed by atoms with Gasteiger partial charge >= 0.3 is 0 Å². The predicted molar refractivity (Wildman–Crippen MR) is 108 cm³/mol. The molecular weight excluding hydrogens is 342 g/mol. The minimum Gasteiger partial charge on any atom is -0.325 e. The average molecular weight is 366 g/mol. The highest BCUT2D eigenvalue weighted by atomic mass is 32.1. The summed E-state index contributed by atoms with van der Waals surface area (Å²) in [5.74, 6) is 0.580. The van der Waals surface area contributed by atoms with E-state index in [1.807, 2.05) is 48.6 Å². The number of nitrogens with zero attached hydrogens (tertiary/aromatic N) is 2. The number of piperidine rings is 1. The van der Waals surface area contributed by atoms with Gasteiger partial charge < -0.3 is 5.32 Å². The fraction of sp³-hybridized carbons (Fsp3) is 0.333. The molecule has 1 fully saturated rings. The Bertz CT molecular complexity index is 862. The summed E-state index contributed by atoms with van der Waals surface area (Å²) < 4.78 is 1.27. The summed E-state index contributed by atoms with van der Waals surface area (Å²) in [6.45, 7) is 4.39. The standard InChI is InChI=1S/C21H23N3OS/c1-15-6-8-17(9-7-15)22-20(25)14-24-12-10-16(11-13-24)21-23-18-4-2-3-5-19(18)26-21/h2-9,16H,10-14H2,1H3,(H,22,25). The molecule has 0 saturated carbocycles. The number of fused-ring (bicyclic) bond motifs is 1. The Morgan fingerprint density at radius 1 is 1.15 bits per heavy atom. The van der Waals surface area contributed by atoms with Crippen LogP contribution in [0.2, 0.25) is 0 Å². The summed E-state index contributed by atoms with van der Waals surface area (Å²) in [6, 6.07) is 16.3. The molecule has 1 aromatic heterocycles. The van der Waals surface area contributed by atoms with Crippen molar-refractivity contribution in [1.29, 1.82) is 0 Å². The molecule has 0 bridgehead atoms. The largest absolute Gasteiger partial charge is 0.325 e. The Morgan fingerprint density at radius 2 is 1.88 bits per heavy atom. The molecule has 1 amide bonds. The summed E-state index contributed by atoms with van der Waals surface area (Å²) in [6.07, 6.45) is 2.13. The van der Waals surface area contributed by atoms with Crippen molar-refractivity contribution in [3.05, 3.63) is 59.1 Å². The number of para-hydroxylation sites is 1. The molecule has 1 aliphatic rings. The van der Waals surface area contributed by atoms with Crippen LogP contribution in [0.5, 0.6) is 0 Å². The van der Waals surface area contributed by atoms with E-state index in [0.29, 0.717) is 12.5 Å². The van der Waals surface area contributed by atoms with Gasteiger partial charge in [-0.15, -0.1) is 11.3 Å². The maximum absolute atomic E-state index is 12.3. The van der Waals surface area contributed by atoms with E-state index < -0.39 is 0 Å². The highest BCUT2D eigenvalue weighted by Gasteiger charge is 2.24. The van der Waals surface area contributed by atoms with Crippen molar-refractivity contribution in [3.63, 3.8) is 0 Å². The molecule has 3 aromatic rings. The molecular formula is C21H23N3OS. The molecule has 0 unspecified atom stereocenters. The number of aryl methyl sites for hydroxylation is 1. The van der Waals surface area contributed by atoms with Crippen molar-refractivity contribution in [2.24, 2.45) is 0 Å². The van der Waals surface area contributed by atoms with Crippen LogP contribution < -0.4 is 5.32 Å². The van der Waals surface area contributed by atoms with Gasteiger partial charge in [0.25, 0.3) is 0 Å². The predicted octanol–water partition coefficient (Wildman–Crippen LogP) is 4.42. The first-order valence-electron chi connectivity index (χ1n) is 9.12. The summed E-state index contributed by atoms with van der Waals surface area (Å²) in [5.41, 5.74) is 3.16. The Hall–Kier alpha value is -2.24. The number of aromatic nitrogens is 1. The number of rotatable bonds is 4. The molecule has 1 aliphatic heterocycles. The Morgan fingerprint density at radius 3 is 2.62 bits per heavy atom. The molecule has 0 spiro atoms. The lowest BCUT2D eigenvalue weighted by atomic mass is 9.97. The van der Waals surface area contributed by atoms with Crippen LogP contribution in [0.4, 0.5) is 5.69 Å². The van der Waals surface area contributed by atoms with Gasteiger partial charge in [-0.1, -0.05) is 29.8 Å². The zero-order valence-electron chi connectivity index (χ0n) is 14.9. The first-order valence-corrected chi connectivity index (χ1v) is 9.93. The zero-order valence-corrected chi connectivity index (χ0v) is 15.8. The van der Waals surface area contributed by atoms with Gasteiger partial charge in [0.05, 0.1) is 21.8 Å². The van der Waals surface area contributed by atoms with Crippen LogP contribution in [0.15, 0.2) is 48.5 Å². The van der Waals surface area contributed by atoms with Crippen LogP contribution >= 0.6 is 11.3 Å². The van der Waals surface area contributed by atoms with Crippen LogP contribution in [0.1, 0.15) is 29.3 Å². The number of benzene rings is 2. The molecule has 134 valence electrons. The number of hydrogen-bond acceptors (Lipinski definition) is 4. The Kier molecular flexibility index (Phi) is 5.00. The maximum Gasteiger partial charge on any atom is 0.238 e. The molecule has 4 nitrogen and oxygen atoms in total. The molecule has 0 radical (unpaired) electrons. The maximum atomic E-state index is 12.3. The van der Waals surface area contributed by atoms with E-state index in [-0.39, 0.29) is 5.91 Å². The molecule has 0 aliphatic carbocycles. The van der Waals surface area contributed by atoms with E-state index in [2.05, 4.69) is 28.4 Å². The SMILES string of the molecule is Cc1ccc(NC(=O)CN2CCC(c3nc4ccccc4s3)CC2)cc1. The summed E-state index contributed by atoms with van der Waals surface area (Å²) in [7, 11) is 0. The molecule has 1 saturated heterocycles.